The Morgan fingerprint density at radius 2 is 1.76 bits per heavy atom. The number of sulfonamides is 1. The Balaban J connectivity index is 1.77. The molecule has 9 nitrogen and oxygen atoms in total. The Bertz CT molecular complexity index is 1390. The summed E-state index contributed by atoms with van der Waals surface area (Å²) in [7, 11) is -4.10. The molecule has 0 bridgehead atoms. The van der Waals surface area contributed by atoms with E-state index in [0.29, 0.717) is 5.52 Å². The van der Waals surface area contributed by atoms with Gasteiger partial charge in [-0.15, -0.1) is 0 Å². The zero-order chi connectivity index (χ0) is 24.7. The lowest BCUT2D eigenvalue weighted by Crippen LogP contribution is -2.30. The van der Waals surface area contributed by atoms with Crippen molar-refractivity contribution in [1.29, 1.82) is 0 Å². The highest BCUT2D eigenvalue weighted by atomic mass is 35.5. The van der Waals surface area contributed by atoms with E-state index in [2.05, 4.69) is 20.3 Å². The Hall–Kier alpha value is -2.67. The fourth-order valence-electron chi connectivity index (χ4n) is 3.52. The average molecular weight is 531 g/mol. The normalized spacial score (nSPS) is 16.3. The first-order valence-electron chi connectivity index (χ1n) is 10.0. The lowest BCUT2D eigenvalue weighted by molar-refractivity contribution is -0.0102. The third-order valence-electron chi connectivity index (χ3n) is 5.20. The maximum atomic E-state index is 13.9. The molecule has 2 aromatic heterocycles. The average Bonchev–Trinajstić information content (AvgIpc) is 2.94. The largest absolute Gasteiger partial charge is 0.354 e. The number of alkyl halides is 2. The number of aromatic nitrogens is 3. The van der Waals surface area contributed by atoms with Crippen LogP contribution in [-0.4, -0.2) is 48.3 Å². The fraction of sp³-hybridized carbons (Fsp3) is 0.300. The van der Waals surface area contributed by atoms with Gasteiger partial charge in [0.05, 0.1) is 21.1 Å². The summed E-state index contributed by atoms with van der Waals surface area (Å²) in [6.45, 7) is 0.196. The lowest BCUT2D eigenvalue weighted by atomic mass is 10.1. The molecule has 1 aliphatic rings. The number of nitrogens with one attached hydrogen (secondary N) is 1. The van der Waals surface area contributed by atoms with Crippen LogP contribution in [0.3, 0.4) is 0 Å². The number of benzene rings is 1. The topological polar surface area (TPSA) is 131 Å². The van der Waals surface area contributed by atoms with Gasteiger partial charge in [-0.1, -0.05) is 23.2 Å². The first-order chi connectivity index (χ1) is 15.9. The van der Waals surface area contributed by atoms with Crippen LogP contribution in [0.15, 0.2) is 35.5 Å². The molecule has 34 heavy (non-hydrogen) atoms. The number of pyridine rings is 1. The van der Waals surface area contributed by atoms with Crippen LogP contribution in [-0.2, 0) is 10.0 Å². The predicted octanol–water partition coefficient (Wildman–Crippen LogP) is 3.86. The second-order valence-corrected chi connectivity index (χ2v) is 10.1. The summed E-state index contributed by atoms with van der Waals surface area (Å²) in [6, 6.07) is 5.37. The standard InChI is InChI=1S/C20H18Cl2F2N6O3S/c21-12-9-14-15(10-13(12)22)29-18(30-6-1-3-20(23,24)4-7-30)17(28-14)19(31)27-11-2-5-26-16(8-11)34(25,32)33/h2,5,8-10H,1,3-4,6-7H2,(H2,25,32,33)(H,26,27,31). The van der Waals surface area contributed by atoms with E-state index in [1.54, 1.807) is 4.90 Å². The van der Waals surface area contributed by atoms with Crippen molar-refractivity contribution in [3.05, 3.63) is 46.2 Å². The van der Waals surface area contributed by atoms with Crippen molar-refractivity contribution >= 4 is 61.7 Å². The quantitative estimate of drug-likeness (QED) is 0.523. The van der Waals surface area contributed by atoms with Crippen molar-refractivity contribution in [2.24, 2.45) is 5.14 Å². The maximum absolute atomic E-state index is 13.9. The number of amides is 1. The number of carbonyl (C=O) groups is 1. The highest BCUT2D eigenvalue weighted by molar-refractivity contribution is 7.89. The van der Waals surface area contributed by atoms with E-state index in [0.717, 1.165) is 6.07 Å². The minimum Gasteiger partial charge on any atom is -0.354 e. The van der Waals surface area contributed by atoms with Crippen molar-refractivity contribution in [2.45, 2.75) is 30.2 Å². The summed E-state index contributed by atoms with van der Waals surface area (Å²) in [6.07, 6.45) is 0.677. The van der Waals surface area contributed by atoms with Crippen LogP contribution in [0.25, 0.3) is 11.0 Å². The molecule has 0 saturated carbocycles. The van der Waals surface area contributed by atoms with Gasteiger partial charge in [0, 0.05) is 43.9 Å². The smallest absolute Gasteiger partial charge is 0.278 e. The van der Waals surface area contributed by atoms with Gasteiger partial charge in [0.15, 0.2) is 16.5 Å². The van der Waals surface area contributed by atoms with Crippen molar-refractivity contribution in [1.82, 2.24) is 15.0 Å². The zero-order valence-corrected chi connectivity index (χ0v) is 19.8. The molecule has 180 valence electrons. The lowest BCUT2D eigenvalue weighted by Gasteiger charge is -2.24. The van der Waals surface area contributed by atoms with Crippen molar-refractivity contribution in [3.8, 4) is 0 Å². The molecule has 1 fully saturated rings. The summed E-state index contributed by atoms with van der Waals surface area (Å²) >= 11 is 12.2. The van der Waals surface area contributed by atoms with Crippen LogP contribution in [0.4, 0.5) is 20.3 Å². The van der Waals surface area contributed by atoms with E-state index in [1.165, 1.54) is 24.4 Å². The van der Waals surface area contributed by atoms with Crippen molar-refractivity contribution < 1.29 is 22.0 Å². The van der Waals surface area contributed by atoms with Gasteiger partial charge in [-0.05, 0) is 24.6 Å². The first kappa shape index (κ1) is 24.5. The van der Waals surface area contributed by atoms with Crippen LogP contribution >= 0.6 is 23.2 Å². The second-order valence-electron chi connectivity index (χ2n) is 7.73. The number of nitrogens with two attached hydrogens (primary N) is 1. The van der Waals surface area contributed by atoms with Gasteiger partial charge in [0.2, 0.25) is 5.92 Å². The van der Waals surface area contributed by atoms with Gasteiger partial charge < -0.3 is 10.2 Å². The molecular formula is C20H18Cl2F2N6O3S. The van der Waals surface area contributed by atoms with Gasteiger partial charge in [-0.25, -0.2) is 37.3 Å². The zero-order valence-electron chi connectivity index (χ0n) is 17.4. The number of nitrogens with zero attached hydrogens (tertiary/aromatic N) is 4. The predicted molar refractivity (Wildman–Crippen MR) is 124 cm³/mol. The molecule has 0 aliphatic carbocycles. The van der Waals surface area contributed by atoms with E-state index in [4.69, 9.17) is 28.3 Å². The molecule has 0 radical (unpaired) electrons. The van der Waals surface area contributed by atoms with Crippen LogP contribution in [0, 0.1) is 0 Å². The number of rotatable bonds is 4. The Kier molecular flexibility index (Phi) is 6.60. The summed E-state index contributed by atoms with van der Waals surface area (Å²) in [5.41, 5.74) is 0.541. The molecule has 1 saturated heterocycles. The van der Waals surface area contributed by atoms with E-state index in [-0.39, 0.29) is 58.7 Å². The number of anilines is 2. The SMILES string of the molecule is NS(=O)(=O)c1cc(NC(=O)c2nc3cc(Cl)c(Cl)cc3nc2N2CCCC(F)(F)CC2)ccn1. The van der Waals surface area contributed by atoms with Gasteiger partial charge in [0.1, 0.15) is 0 Å². The molecule has 3 N–H and O–H groups in total. The minimum absolute atomic E-state index is 0.0421. The monoisotopic (exact) mass is 530 g/mol. The van der Waals surface area contributed by atoms with Crippen LogP contribution in [0.2, 0.25) is 10.0 Å². The number of carbonyl (C=O) groups excluding carboxylic acids is 1. The first-order valence-corrected chi connectivity index (χ1v) is 12.3. The van der Waals surface area contributed by atoms with Gasteiger partial charge in [-0.3, -0.25) is 4.79 Å². The van der Waals surface area contributed by atoms with Crippen molar-refractivity contribution in [3.63, 3.8) is 0 Å². The molecule has 0 atom stereocenters. The highest BCUT2D eigenvalue weighted by Crippen LogP contribution is 2.33. The number of halogens is 4. The Labute approximate surface area is 203 Å². The van der Waals surface area contributed by atoms with Crippen molar-refractivity contribution in [2.75, 3.05) is 23.3 Å². The minimum atomic E-state index is -4.10. The van der Waals surface area contributed by atoms with E-state index in [9.17, 15) is 22.0 Å². The third-order valence-corrected chi connectivity index (χ3v) is 6.73. The van der Waals surface area contributed by atoms with Gasteiger partial charge in [-0.2, -0.15) is 0 Å². The third kappa shape index (κ3) is 5.35. The van der Waals surface area contributed by atoms with Crippen LogP contribution < -0.4 is 15.4 Å². The molecule has 1 aromatic carbocycles. The molecule has 4 rings (SSSR count). The maximum Gasteiger partial charge on any atom is 0.278 e. The second kappa shape index (κ2) is 9.17. The Morgan fingerprint density at radius 1 is 1.09 bits per heavy atom. The molecule has 1 amide bonds. The fourth-order valence-corrected chi connectivity index (χ4v) is 4.34. The van der Waals surface area contributed by atoms with Crippen LogP contribution in [0.5, 0.6) is 0 Å². The number of primary sulfonamides is 1. The summed E-state index contributed by atoms with van der Waals surface area (Å²) in [5.74, 6) is -3.46. The summed E-state index contributed by atoms with van der Waals surface area (Å²) in [4.78, 5) is 27.3. The number of hydrogen-bond acceptors (Lipinski definition) is 7. The molecule has 1 aliphatic heterocycles. The molecule has 0 spiro atoms. The van der Waals surface area contributed by atoms with Gasteiger partial charge in [0.25, 0.3) is 15.9 Å². The summed E-state index contributed by atoms with van der Waals surface area (Å²) < 4.78 is 51.1. The van der Waals surface area contributed by atoms with Gasteiger partial charge >= 0.3 is 0 Å². The Morgan fingerprint density at radius 3 is 2.44 bits per heavy atom. The molecule has 3 aromatic rings. The molecular weight excluding hydrogens is 513 g/mol. The molecule has 14 heteroatoms. The molecule has 0 unspecified atom stereocenters. The van der Waals surface area contributed by atoms with E-state index in [1.807, 2.05) is 0 Å². The van der Waals surface area contributed by atoms with Crippen LogP contribution in [0.1, 0.15) is 29.8 Å². The van der Waals surface area contributed by atoms with E-state index < -0.39 is 33.3 Å². The number of fused-ring (bicyclic) bond motifs is 1. The number of hydrogen-bond donors (Lipinski definition) is 2. The van der Waals surface area contributed by atoms with E-state index >= 15 is 0 Å². The highest BCUT2D eigenvalue weighted by Gasteiger charge is 2.33. The summed E-state index contributed by atoms with van der Waals surface area (Å²) in [5, 5.41) is 7.62. The molecule has 3 heterocycles.